The van der Waals surface area contributed by atoms with Crippen molar-refractivity contribution in [3.8, 4) is 0 Å². The second kappa shape index (κ2) is 5.49. The summed E-state index contributed by atoms with van der Waals surface area (Å²) >= 11 is 2.10. The maximum absolute atomic E-state index is 4.46. The Kier molecular flexibility index (Phi) is 3.30. The second-order valence-corrected chi connectivity index (χ2v) is 8.09. The van der Waals surface area contributed by atoms with Gasteiger partial charge in [0.1, 0.15) is 0 Å². The number of nitrogens with one attached hydrogen (secondary N) is 1. The lowest BCUT2D eigenvalue weighted by atomic mass is 9.89. The minimum Gasteiger partial charge on any atom is -0.360 e. The van der Waals surface area contributed by atoms with E-state index in [2.05, 4.69) is 49.5 Å². The molecule has 1 unspecified atom stereocenters. The molecule has 1 atom stereocenters. The van der Waals surface area contributed by atoms with Gasteiger partial charge in [0.05, 0.1) is 11.7 Å². The topological polar surface area (TPSA) is 44.8 Å². The molecule has 0 radical (unpaired) electrons. The van der Waals surface area contributed by atoms with Gasteiger partial charge in [0, 0.05) is 41.5 Å². The molecule has 3 aromatic heterocycles. The van der Waals surface area contributed by atoms with E-state index < -0.39 is 0 Å². The summed E-state index contributed by atoms with van der Waals surface area (Å²) in [7, 11) is 0. The quantitative estimate of drug-likeness (QED) is 0.737. The van der Waals surface area contributed by atoms with Gasteiger partial charge in [-0.25, -0.2) is 14.3 Å². The number of pyridine rings is 2. The van der Waals surface area contributed by atoms with Crippen LogP contribution in [0.5, 0.6) is 0 Å². The van der Waals surface area contributed by atoms with Crippen LogP contribution in [0, 0.1) is 0 Å². The van der Waals surface area contributed by atoms with Crippen LogP contribution in [0.4, 0.5) is 0 Å². The van der Waals surface area contributed by atoms with Crippen molar-refractivity contribution < 1.29 is 0 Å². The second-order valence-electron chi connectivity index (χ2n) is 6.69. The van der Waals surface area contributed by atoms with Gasteiger partial charge in [-0.2, -0.15) is 0 Å². The Morgan fingerprint density at radius 1 is 1.17 bits per heavy atom. The van der Waals surface area contributed by atoms with E-state index in [1.165, 1.54) is 48.6 Å². The molecule has 0 amide bonds. The Bertz CT molecular complexity index is 854. The van der Waals surface area contributed by atoms with Gasteiger partial charge in [0.2, 0.25) is 0 Å². The smallest absolute Gasteiger partial charge is 0.159 e. The first-order chi connectivity index (χ1) is 11.4. The summed E-state index contributed by atoms with van der Waals surface area (Å²) in [6.07, 6.45) is 11.2. The van der Waals surface area contributed by atoms with Crippen LogP contribution in [0.1, 0.15) is 37.2 Å². The summed E-state index contributed by atoms with van der Waals surface area (Å²) in [6, 6.07) is 4.37. The molecule has 118 valence electrons. The highest BCUT2D eigenvalue weighted by molar-refractivity contribution is 7.97. The Labute approximate surface area is 139 Å². The molecule has 23 heavy (non-hydrogen) atoms. The van der Waals surface area contributed by atoms with E-state index in [-0.39, 0.29) is 0 Å². The third-order valence-electron chi connectivity index (χ3n) is 4.97. The molecule has 4 nitrogen and oxygen atoms in total. The van der Waals surface area contributed by atoms with E-state index in [1.54, 1.807) is 0 Å². The zero-order valence-electron chi connectivity index (χ0n) is 13.0. The van der Waals surface area contributed by atoms with Gasteiger partial charge in [-0.15, -0.1) is 0 Å². The Hall–Kier alpha value is -1.59. The minimum atomic E-state index is 0.604. The predicted octanol–water partition coefficient (Wildman–Crippen LogP) is 4.10. The molecular formula is C18H20N4S. The zero-order valence-corrected chi connectivity index (χ0v) is 13.9. The van der Waals surface area contributed by atoms with Crippen LogP contribution >= 0.6 is 11.9 Å². The monoisotopic (exact) mass is 324 g/mol. The van der Waals surface area contributed by atoms with Gasteiger partial charge in [-0.1, -0.05) is 11.9 Å². The van der Waals surface area contributed by atoms with Crippen molar-refractivity contribution in [2.45, 2.75) is 36.9 Å². The highest BCUT2D eigenvalue weighted by Crippen LogP contribution is 2.41. The normalized spacial score (nSPS) is 22.9. The number of H-pyrrole nitrogens is 1. The molecule has 2 aliphatic rings. The number of rotatable bonds is 3. The lowest BCUT2D eigenvalue weighted by Crippen LogP contribution is -2.29. The van der Waals surface area contributed by atoms with E-state index in [0.29, 0.717) is 5.92 Å². The summed E-state index contributed by atoms with van der Waals surface area (Å²) in [5.41, 5.74) is 3.44. The molecule has 1 saturated carbocycles. The fraction of sp³-hybridized carbons (Fsp3) is 0.444. The van der Waals surface area contributed by atoms with Gasteiger partial charge in [-0.05, 0) is 49.3 Å². The van der Waals surface area contributed by atoms with Crippen molar-refractivity contribution in [3.63, 3.8) is 0 Å². The highest BCUT2D eigenvalue weighted by Gasteiger charge is 2.29. The van der Waals surface area contributed by atoms with Crippen LogP contribution in [0.25, 0.3) is 21.9 Å². The average molecular weight is 324 g/mol. The zero-order chi connectivity index (χ0) is 15.2. The first-order valence-corrected chi connectivity index (χ1v) is 9.34. The number of hydrogen-bond acceptors (Lipinski definition) is 4. The molecule has 1 aliphatic heterocycles. The van der Waals surface area contributed by atoms with Crippen molar-refractivity contribution in [3.05, 3.63) is 36.3 Å². The molecule has 4 heterocycles. The number of hydrogen-bond donors (Lipinski definition) is 1. The van der Waals surface area contributed by atoms with Crippen LogP contribution in [0.15, 0.2) is 30.7 Å². The number of nitrogens with zero attached hydrogens (tertiary/aromatic N) is 3. The van der Waals surface area contributed by atoms with Gasteiger partial charge < -0.3 is 4.98 Å². The van der Waals surface area contributed by atoms with E-state index in [9.17, 15) is 0 Å². The molecule has 0 bridgehead atoms. The van der Waals surface area contributed by atoms with Crippen molar-refractivity contribution in [2.24, 2.45) is 0 Å². The third kappa shape index (κ3) is 2.52. The van der Waals surface area contributed by atoms with E-state index in [1.807, 2.05) is 12.4 Å². The fourth-order valence-electron chi connectivity index (χ4n) is 3.70. The summed E-state index contributed by atoms with van der Waals surface area (Å²) < 4.78 is 2.61. The SMILES string of the molecule is c1cc2c(n1)ncc1[nH]ccc(C3CCCN(SC4CC4)C3)c12. The van der Waals surface area contributed by atoms with Crippen LogP contribution in [0.3, 0.4) is 0 Å². The Morgan fingerprint density at radius 2 is 2.13 bits per heavy atom. The molecule has 1 aliphatic carbocycles. The minimum absolute atomic E-state index is 0.604. The van der Waals surface area contributed by atoms with Gasteiger partial charge in [0.15, 0.2) is 5.65 Å². The highest BCUT2D eigenvalue weighted by atomic mass is 32.2. The van der Waals surface area contributed by atoms with Crippen molar-refractivity contribution in [1.82, 2.24) is 19.3 Å². The number of aromatic nitrogens is 3. The Balaban J connectivity index is 1.57. The third-order valence-corrected chi connectivity index (χ3v) is 6.37. The fourth-order valence-corrected chi connectivity index (χ4v) is 4.97. The van der Waals surface area contributed by atoms with Crippen LogP contribution in [-0.4, -0.2) is 37.6 Å². The summed E-state index contributed by atoms with van der Waals surface area (Å²) in [5, 5.41) is 3.39. The standard InChI is InChI=1S/C18H20N4S/c1-2-12(11-22(9-1)23-13-3-4-13)14-5-7-19-16-10-21-18-15(17(14)16)6-8-20-18/h5-8,10,12-13,19H,1-4,9,11H2. The van der Waals surface area contributed by atoms with E-state index in [4.69, 9.17) is 0 Å². The van der Waals surface area contributed by atoms with Gasteiger partial charge in [0.25, 0.3) is 0 Å². The molecular weight excluding hydrogens is 304 g/mol. The first-order valence-electron chi connectivity index (χ1n) is 8.51. The predicted molar refractivity (Wildman–Crippen MR) is 95.6 cm³/mol. The lowest BCUT2D eigenvalue weighted by Gasteiger charge is -2.32. The average Bonchev–Trinajstić information content (AvgIpc) is 3.26. The first kappa shape index (κ1) is 13.8. The largest absolute Gasteiger partial charge is 0.360 e. The van der Waals surface area contributed by atoms with Gasteiger partial charge in [-0.3, -0.25) is 0 Å². The molecule has 1 N–H and O–H groups in total. The number of piperidine rings is 1. The summed E-state index contributed by atoms with van der Waals surface area (Å²) in [5.74, 6) is 0.604. The maximum Gasteiger partial charge on any atom is 0.159 e. The van der Waals surface area contributed by atoms with Crippen LogP contribution < -0.4 is 0 Å². The van der Waals surface area contributed by atoms with Crippen molar-refractivity contribution >= 4 is 33.9 Å². The Morgan fingerprint density at radius 3 is 3.04 bits per heavy atom. The van der Waals surface area contributed by atoms with Crippen LogP contribution in [-0.2, 0) is 0 Å². The van der Waals surface area contributed by atoms with Crippen LogP contribution in [0.2, 0.25) is 0 Å². The number of aromatic amines is 1. The summed E-state index contributed by atoms with van der Waals surface area (Å²) in [6.45, 7) is 2.40. The molecule has 0 spiro atoms. The molecule has 2 fully saturated rings. The van der Waals surface area contributed by atoms with Crippen molar-refractivity contribution in [1.29, 1.82) is 0 Å². The summed E-state index contributed by atoms with van der Waals surface area (Å²) in [4.78, 5) is 12.2. The molecule has 5 heteroatoms. The molecule has 5 rings (SSSR count). The lowest BCUT2D eigenvalue weighted by molar-refractivity contribution is 0.343. The molecule has 1 saturated heterocycles. The van der Waals surface area contributed by atoms with Gasteiger partial charge >= 0.3 is 0 Å². The van der Waals surface area contributed by atoms with Crippen molar-refractivity contribution in [2.75, 3.05) is 13.1 Å². The van der Waals surface area contributed by atoms with E-state index in [0.717, 1.165) is 23.0 Å². The number of fused-ring (bicyclic) bond motifs is 3. The molecule has 3 aromatic rings. The maximum atomic E-state index is 4.46. The molecule has 0 aromatic carbocycles. The van der Waals surface area contributed by atoms with E-state index >= 15 is 0 Å².